The molecule has 1 aromatic carbocycles. The number of nitrogens with zero attached hydrogens (tertiary/aromatic N) is 2. The summed E-state index contributed by atoms with van der Waals surface area (Å²) in [6.07, 6.45) is 2.38. The fourth-order valence-corrected chi connectivity index (χ4v) is 2.27. The molecule has 0 amide bonds. The van der Waals surface area contributed by atoms with Crippen molar-refractivity contribution in [3.63, 3.8) is 0 Å². The number of halogens is 1. The van der Waals surface area contributed by atoms with Gasteiger partial charge in [0.25, 0.3) is 0 Å². The topological polar surface area (TPSA) is 17.8 Å². The molecule has 3 heteroatoms. The zero-order chi connectivity index (χ0) is 11.3. The molecule has 0 radical (unpaired) electrons. The fraction of sp³-hybridized carbons (Fsp3) is 0.462. The molecule has 2 nitrogen and oxygen atoms in total. The number of hydrogen-bond donors (Lipinski definition) is 0. The summed E-state index contributed by atoms with van der Waals surface area (Å²) in [7, 11) is 0. The summed E-state index contributed by atoms with van der Waals surface area (Å²) in [5.41, 5.74) is 1.45. The maximum absolute atomic E-state index is 13.7. The van der Waals surface area contributed by atoms with Gasteiger partial charge in [0.1, 0.15) is 11.3 Å². The third-order valence-electron chi connectivity index (χ3n) is 3.16. The first-order valence-corrected chi connectivity index (χ1v) is 5.85. The van der Waals surface area contributed by atoms with Crippen molar-refractivity contribution in [3.05, 3.63) is 29.8 Å². The van der Waals surface area contributed by atoms with E-state index in [1.807, 2.05) is 6.07 Å². The van der Waals surface area contributed by atoms with E-state index < -0.39 is 0 Å². The van der Waals surface area contributed by atoms with Crippen LogP contribution in [0.25, 0.3) is 11.0 Å². The molecule has 1 aliphatic rings. The molecule has 0 unspecified atom stereocenters. The van der Waals surface area contributed by atoms with Gasteiger partial charge in [0.15, 0.2) is 5.82 Å². The second-order valence-corrected chi connectivity index (χ2v) is 4.82. The average molecular weight is 218 g/mol. The molecule has 1 heterocycles. The highest BCUT2D eigenvalue weighted by Crippen LogP contribution is 2.41. The van der Waals surface area contributed by atoms with Crippen molar-refractivity contribution in [2.24, 2.45) is 0 Å². The Hall–Kier alpha value is -1.38. The van der Waals surface area contributed by atoms with Gasteiger partial charge in [-0.15, -0.1) is 0 Å². The zero-order valence-corrected chi connectivity index (χ0v) is 9.57. The zero-order valence-electron chi connectivity index (χ0n) is 9.57. The molecule has 84 valence electrons. The lowest BCUT2D eigenvalue weighted by Crippen LogP contribution is -2.05. The van der Waals surface area contributed by atoms with Gasteiger partial charge in [-0.2, -0.15) is 0 Å². The van der Waals surface area contributed by atoms with E-state index in [4.69, 9.17) is 0 Å². The Kier molecular flexibility index (Phi) is 2.03. The van der Waals surface area contributed by atoms with Crippen LogP contribution < -0.4 is 0 Å². The number of rotatable bonds is 2. The Morgan fingerprint density at radius 2 is 2.12 bits per heavy atom. The highest BCUT2D eigenvalue weighted by atomic mass is 19.1. The predicted octanol–water partition coefficient (Wildman–Crippen LogP) is 3.63. The van der Waals surface area contributed by atoms with Crippen LogP contribution in [0.4, 0.5) is 4.39 Å². The van der Waals surface area contributed by atoms with Crippen LogP contribution in [0, 0.1) is 5.82 Å². The first-order valence-electron chi connectivity index (χ1n) is 5.85. The molecule has 1 fully saturated rings. The summed E-state index contributed by atoms with van der Waals surface area (Å²) in [6.45, 7) is 4.25. The second-order valence-electron chi connectivity index (χ2n) is 4.82. The molecule has 1 aliphatic carbocycles. The Morgan fingerprint density at radius 1 is 1.38 bits per heavy atom. The molecule has 0 N–H and O–H groups in total. The maximum atomic E-state index is 13.7. The van der Waals surface area contributed by atoms with Gasteiger partial charge >= 0.3 is 0 Å². The van der Waals surface area contributed by atoms with Gasteiger partial charge in [-0.3, -0.25) is 0 Å². The van der Waals surface area contributed by atoms with Gasteiger partial charge in [-0.05, 0) is 38.8 Å². The van der Waals surface area contributed by atoms with Crippen molar-refractivity contribution in [3.8, 4) is 0 Å². The average Bonchev–Trinajstić information content (AvgIpc) is 2.99. The largest absolute Gasteiger partial charge is 0.325 e. The smallest absolute Gasteiger partial charge is 0.151 e. The van der Waals surface area contributed by atoms with E-state index in [-0.39, 0.29) is 5.82 Å². The highest BCUT2D eigenvalue weighted by Gasteiger charge is 2.30. The standard InChI is InChI=1S/C13H15FN2/c1-8(2)16-11-5-3-4-10(14)12(11)15-13(16)9-6-7-9/h3-5,8-9H,6-7H2,1-2H3. The van der Waals surface area contributed by atoms with E-state index in [0.29, 0.717) is 17.5 Å². The number of fused-ring (bicyclic) bond motifs is 1. The Bertz CT molecular complexity index is 538. The van der Waals surface area contributed by atoms with Crippen molar-refractivity contribution in [2.75, 3.05) is 0 Å². The second kappa shape index (κ2) is 3.30. The number of imidazole rings is 1. The summed E-state index contributed by atoms with van der Waals surface area (Å²) in [5, 5.41) is 0. The Balaban J connectivity index is 2.32. The van der Waals surface area contributed by atoms with Gasteiger partial charge in [-0.1, -0.05) is 6.07 Å². The van der Waals surface area contributed by atoms with Crippen molar-refractivity contribution in [1.29, 1.82) is 0 Å². The molecule has 0 aliphatic heterocycles. The summed E-state index contributed by atoms with van der Waals surface area (Å²) in [4.78, 5) is 4.48. The molecule has 0 saturated heterocycles. The lowest BCUT2D eigenvalue weighted by atomic mass is 10.2. The van der Waals surface area contributed by atoms with Crippen molar-refractivity contribution in [1.82, 2.24) is 9.55 Å². The Labute approximate surface area is 94.1 Å². The van der Waals surface area contributed by atoms with Gasteiger partial charge in [0.2, 0.25) is 0 Å². The molecule has 1 saturated carbocycles. The monoisotopic (exact) mass is 218 g/mol. The number of hydrogen-bond acceptors (Lipinski definition) is 1. The molecule has 16 heavy (non-hydrogen) atoms. The molecular weight excluding hydrogens is 203 g/mol. The molecule has 3 rings (SSSR count). The highest BCUT2D eigenvalue weighted by molar-refractivity contribution is 5.77. The van der Waals surface area contributed by atoms with Crippen LogP contribution in [0.15, 0.2) is 18.2 Å². The van der Waals surface area contributed by atoms with Crippen molar-refractivity contribution >= 4 is 11.0 Å². The molecule has 1 aromatic heterocycles. The predicted molar refractivity (Wildman–Crippen MR) is 62.1 cm³/mol. The van der Waals surface area contributed by atoms with Gasteiger partial charge in [-0.25, -0.2) is 9.37 Å². The molecular formula is C13H15FN2. The molecule has 0 spiro atoms. The van der Waals surface area contributed by atoms with Crippen LogP contribution in [0.1, 0.15) is 44.5 Å². The Morgan fingerprint density at radius 3 is 2.75 bits per heavy atom. The number of para-hydroxylation sites is 1. The first-order chi connectivity index (χ1) is 7.68. The fourth-order valence-electron chi connectivity index (χ4n) is 2.27. The number of aromatic nitrogens is 2. The van der Waals surface area contributed by atoms with Crippen LogP contribution in [0.2, 0.25) is 0 Å². The summed E-state index contributed by atoms with van der Waals surface area (Å²) in [6, 6.07) is 5.53. The van der Waals surface area contributed by atoms with E-state index in [2.05, 4.69) is 23.4 Å². The lowest BCUT2D eigenvalue weighted by molar-refractivity contribution is 0.585. The molecule has 2 aromatic rings. The first kappa shape index (κ1) is 9.82. The van der Waals surface area contributed by atoms with Crippen LogP contribution in [-0.4, -0.2) is 9.55 Å². The summed E-state index contributed by atoms with van der Waals surface area (Å²) in [5.74, 6) is 1.41. The molecule has 0 atom stereocenters. The summed E-state index contributed by atoms with van der Waals surface area (Å²) < 4.78 is 15.8. The van der Waals surface area contributed by atoms with Crippen LogP contribution in [0.5, 0.6) is 0 Å². The maximum Gasteiger partial charge on any atom is 0.151 e. The quantitative estimate of drug-likeness (QED) is 0.752. The lowest BCUT2D eigenvalue weighted by Gasteiger charge is -2.12. The number of benzene rings is 1. The van der Waals surface area contributed by atoms with Crippen LogP contribution in [0.3, 0.4) is 0 Å². The summed E-state index contributed by atoms with van der Waals surface area (Å²) >= 11 is 0. The van der Waals surface area contributed by atoms with Crippen molar-refractivity contribution in [2.45, 2.75) is 38.6 Å². The van der Waals surface area contributed by atoms with E-state index >= 15 is 0 Å². The van der Waals surface area contributed by atoms with Gasteiger partial charge < -0.3 is 4.57 Å². The van der Waals surface area contributed by atoms with E-state index in [0.717, 1.165) is 11.3 Å². The third kappa shape index (κ3) is 1.34. The minimum absolute atomic E-state index is 0.209. The van der Waals surface area contributed by atoms with E-state index in [1.54, 1.807) is 6.07 Å². The van der Waals surface area contributed by atoms with Crippen molar-refractivity contribution < 1.29 is 4.39 Å². The van der Waals surface area contributed by atoms with E-state index in [9.17, 15) is 4.39 Å². The molecule has 0 bridgehead atoms. The minimum Gasteiger partial charge on any atom is -0.325 e. The van der Waals surface area contributed by atoms with Gasteiger partial charge in [0, 0.05) is 12.0 Å². The minimum atomic E-state index is -0.209. The van der Waals surface area contributed by atoms with Crippen LogP contribution >= 0.6 is 0 Å². The normalized spacial score (nSPS) is 16.2. The SMILES string of the molecule is CC(C)n1c(C2CC2)nc2c(F)cccc21. The van der Waals surface area contributed by atoms with Crippen LogP contribution in [-0.2, 0) is 0 Å². The third-order valence-corrected chi connectivity index (χ3v) is 3.16. The van der Waals surface area contributed by atoms with E-state index in [1.165, 1.54) is 18.9 Å². The van der Waals surface area contributed by atoms with Gasteiger partial charge in [0.05, 0.1) is 5.52 Å².